The number of rotatable bonds is 11. The number of hydrogen-bond donors (Lipinski definition) is 9. The van der Waals surface area contributed by atoms with Crippen molar-refractivity contribution in [1.82, 2.24) is 16.0 Å². The Morgan fingerprint density at radius 3 is 2.69 bits per heavy atom. The second-order valence-corrected chi connectivity index (χ2v) is 10.2. The molecule has 2 fully saturated rings. The summed E-state index contributed by atoms with van der Waals surface area (Å²) in [5.41, 5.74) is 11.5. The van der Waals surface area contributed by atoms with Gasteiger partial charge >= 0.3 is 0 Å². The van der Waals surface area contributed by atoms with Crippen LogP contribution in [0.1, 0.15) is 26.2 Å². The van der Waals surface area contributed by atoms with Crippen molar-refractivity contribution in [1.29, 1.82) is 0 Å². The number of aliphatic hydroxyl groups is 4. The predicted molar refractivity (Wildman–Crippen MR) is 129 cm³/mol. The summed E-state index contributed by atoms with van der Waals surface area (Å²) in [6, 6.07) is -2.37. The van der Waals surface area contributed by atoms with Crippen LogP contribution < -0.4 is 27.4 Å². The minimum Gasteiger partial charge on any atom is -0.492 e. The number of amides is 1. The quantitative estimate of drug-likeness (QED) is 0.0954. The number of ether oxygens (including phenoxy) is 3. The smallest absolute Gasteiger partial charge is 0.207 e. The molecule has 0 aromatic carbocycles. The van der Waals surface area contributed by atoms with Gasteiger partial charge in [-0.2, -0.15) is 0 Å². The molecule has 13 heteroatoms. The van der Waals surface area contributed by atoms with Gasteiger partial charge in [0.1, 0.15) is 29.7 Å². The van der Waals surface area contributed by atoms with E-state index in [1.807, 2.05) is 6.08 Å². The van der Waals surface area contributed by atoms with Crippen molar-refractivity contribution in [3.63, 3.8) is 0 Å². The number of nitrogens with one attached hydrogen (secondary N) is 3. The van der Waals surface area contributed by atoms with Crippen molar-refractivity contribution >= 4 is 6.41 Å². The Labute approximate surface area is 211 Å². The van der Waals surface area contributed by atoms with Gasteiger partial charge in [0, 0.05) is 24.6 Å². The maximum atomic E-state index is 11.5. The Hall–Kier alpha value is -1.39. The van der Waals surface area contributed by atoms with Gasteiger partial charge in [-0.1, -0.05) is 0 Å². The molecule has 3 rings (SSSR count). The first-order valence-corrected chi connectivity index (χ1v) is 12.6. The van der Waals surface area contributed by atoms with Gasteiger partial charge in [-0.3, -0.25) is 4.79 Å². The minimum absolute atomic E-state index is 0.0902. The van der Waals surface area contributed by atoms with Crippen LogP contribution in [0, 0.1) is 5.92 Å². The predicted octanol–water partition coefficient (Wildman–Crippen LogP) is -3.78. The third kappa shape index (κ3) is 6.54. The van der Waals surface area contributed by atoms with Gasteiger partial charge in [-0.15, -0.1) is 0 Å². The van der Waals surface area contributed by atoms with Crippen LogP contribution in [0.15, 0.2) is 11.8 Å². The molecule has 0 aromatic heterocycles. The molecule has 0 bridgehead atoms. The molecule has 36 heavy (non-hydrogen) atoms. The van der Waals surface area contributed by atoms with E-state index >= 15 is 0 Å². The molecule has 1 saturated heterocycles. The molecule has 0 spiro atoms. The van der Waals surface area contributed by atoms with E-state index in [0.717, 1.165) is 0 Å². The summed E-state index contributed by atoms with van der Waals surface area (Å²) in [6.45, 7) is 2.60. The largest absolute Gasteiger partial charge is 0.492 e. The molecular weight excluding hydrogens is 474 g/mol. The van der Waals surface area contributed by atoms with Crippen molar-refractivity contribution in [2.75, 3.05) is 33.4 Å². The second-order valence-electron chi connectivity index (χ2n) is 10.2. The number of carbonyl (C=O) groups excluding carboxylic acids is 1. The van der Waals surface area contributed by atoms with Gasteiger partial charge in [0.2, 0.25) is 6.41 Å². The number of likely N-dealkylation sites (N-methyl/N-ethyl adjacent to an activating group) is 1. The van der Waals surface area contributed by atoms with Gasteiger partial charge in [0.25, 0.3) is 0 Å². The van der Waals surface area contributed by atoms with Gasteiger partial charge < -0.3 is 62.1 Å². The Bertz CT molecular complexity index is 743. The maximum Gasteiger partial charge on any atom is 0.207 e. The lowest BCUT2D eigenvalue weighted by Gasteiger charge is -2.50. The van der Waals surface area contributed by atoms with E-state index in [4.69, 9.17) is 30.8 Å². The fraction of sp³-hybridized carbons (Fsp3) is 0.870. The van der Waals surface area contributed by atoms with E-state index in [1.165, 1.54) is 0 Å². The average molecular weight is 518 g/mol. The third-order valence-corrected chi connectivity index (χ3v) is 7.38. The van der Waals surface area contributed by atoms with E-state index in [-0.39, 0.29) is 19.6 Å². The Morgan fingerprint density at radius 1 is 1.28 bits per heavy atom. The zero-order chi connectivity index (χ0) is 26.5. The maximum absolute atomic E-state index is 11.5. The van der Waals surface area contributed by atoms with E-state index in [9.17, 15) is 20.1 Å². The number of aliphatic hydroxyl groups excluding tert-OH is 3. The van der Waals surface area contributed by atoms with Gasteiger partial charge in [0.15, 0.2) is 6.29 Å². The van der Waals surface area contributed by atoms with E-state index < -0.39 is 66.4 Å². The number of carbonyl (C=O) groups is 1. The standard InChI is InChI=1S/C23H43N5O8/c1-23(33)10-34-22(18(32)21(23)26-2)36-20-15(28-11-30)8-14(25)16(17(20)31)19-13(24)5-4-12(35-19)9-27-6-3-7-29/h4,11,13-22,26-27,29,31-33H,3,5-10,24-25H2,1-2H3,(H,28,30). The van der Waals surface area contributed by atoms with Gasteiger partial charge in [-0.05, 0) is 45.9 Å². The first kappa shape index (κ1) is 29.2. The molecule has 208 valence electrons. The van der Waals surface area contributed by atoms with Crippen LogP contribution in [0.4, 0.5) is 0 Å². The van der Waals surface area contributed by atoms with E-state index in [0.29, 0.717) is 38.1 Å². The van der Waals surface area contributed by atoms with Crippen LogP contribution in [0.2, 0.25) is 0 Å². The fourth-order valence-corrected chi connectivity index (χ4v) is 5.48. The summed E-state index contributed by atoms with van der Waals surface area (Å²) in [5.74, 6) is 0.0505. The third-order valence-electron chi connectivity index (χ3n) is 7.38. The van der Waals surface area contributed by atoms with Crippen LogP contribution >= 0.6 is 0 Å². The van der Waals surface area contributed by atoms with Crippen LogP contribution in [-0.4, -0.2) is 121 Å². The molecular formula is C23H43N5O8. The Balaban J connectivity index is 1.76. The second kappa shape index (κ2) is 12.9. The van der Waals surface area contributed by atoms with Crippen LogP contribution in [0.25, 0.3) is 0 Å². The summed E-state index contributed by atoms with van der Waals surface area (Å²) >= 11 is 0. The minimum atomic E-state index is -1.33. The molecule has 11 unspecified atom stereocenters. The fourth-order valence-electron chi connectivity index (χ4n) is 5.48. The lowest BCUT2D eigenvalue weighted by atomic mass is 9.72. The lowest BCUT2D eigenvalue weighted by Crippen LogP contribution is -2.69. The molecule has 1 amide bonds. The molecule has 1 saturated carbocycles. The molecule has 2 heterocycles. The summed E-state index contributed by atoms with van der Waals surface area (Å²) in [7, 11) is 1.61. The lowest BCUT2D eigenvalue weighted by molar-refractivity contribution is -0.297. The molecule has 11 atom stereocenters. The molecule has 11 N–H and O–H groups in total. The van der Waals surface area contributed by atoms with Crippen molar-refractivity contribution in [3.05, 3.63) is 11.8 Å². The summed E-state index contributed by atoms with van der Waals surface area (Å²) in [4.78, 5) is 11.3. The zero-order valence-corrected chi connectivity index (χ0v) is 21.0. The highest BCUT2D eigenvalue weighted by Gasteiger charge is 2.53. The number of hydrogen-bond acceptors (Lipinski definition) is 12. The molecule has 2 aliphatic heterocycles. The Morgan fingerprint density at radius 2 is 2.03 bits per heavy atom. The highest BCUT2D eigenvalue weighted by Crippen LogP contribution is 2.36. The van der Waals surface area contributed by atoms with Crippen LogP contribution in [0.5, 0.6) is 0 Å². The molecule has 0 radical (unpaired) electrons. The molecule has 0 aromatic rings. The normalized spacial score (nSPS) is 43.4. The first-order valence-electron chi connectivity index (χ1n) is 12.6. The SMILES string of the molecule is CNC1C(O)C(OC2C(NC=O)CC(N)C(C3OC(CNCCCO)=CCC3N)C2O)OCC1(C)O. The zero-order valence-electron chi connectivity index (χ0n) is 21.0. The van der Waals surface area contributed by atoms with Crippen molar-refractivity contribution in [3.8, 4) is 0 Å². The van der Waals surface area contributed by atoms with E-state index in [1.54, 1.807) is 14.0 Å². The van der Waals surface area contributed by atoms with Crippen LogP contribution in [0.3, 0.4) is 0 Å². The summed E-state index contributed by atoms with van der Waals surface area (Å²) < 4.78 is 17.9. The van der Waals surface area contributed by atoms with Crippen LogP contribution in [-0.2, 0) is 19.0 Å². The highest BCUT2D eigenvalue weighted by molar-refractivity contribution is 5.47. The average Bonchev–Trinajstić information content (AvgIpc) is 2.82. The molecule has 13 nitrogen and oxygen atoms in total. The summed E-state index contributed by atoms with van der Waals surface area (Å²) in [5, 5.41) is 50.5. The van der Waals surface area contributed by atoms with Crippen molar-refractivity contribution < 1.29 is 39.4 Å². The van der Waals surface area contributed by atoms with Crippen molar-refractivity contribution in [2.24, 2.45) is 17.4 Å². The summed E-state index contributed by atoms with van der Waals surface area (Å²) in [6.07, 6.45) is -1.36. The highest BCUT2D eigenvalue weighted by atomic mass is 16.7. The van der Waals surface area contributed by atoms with Gasteiger partial charge in [-0.25, -0.2) is 0 Å². The van der Waals surface area contributed by atoms with E-state index in [2.05, 4.69) is 16.0 Å². The van der Waals surface area contributed by atoms with Crippen molar-refractivity contribution in [2.45, 2.75) is 86.7 Å². The Kier molecular flexibility index (Phi) is 10.5. The molecule has 1 aliphatic carbocycles. The molecule has 3 aliphatic rings. The monoisotopic (exact) mass is 517 g/mol. The topological polar surface area (TPSA) is 214 Å². The number of nitrogens with two attached hydrogens (primary N) is 2. The first-order chi connectivity index (χ1) is 17.1. The van der Waals surface area contributed by atoms with Gasteiger partial charge in [0.05, 0.1) is 31.3 Å².